The summed E-state index contributed by atoms with van der Waals surface area (Å²) in [6, 6.07) is 5.99. The molecule has 126 valence electrons. The van der Waals surface area contributed by atoms with Gasteiger partial charge in [0, 0.05) is 17.8 Å². The van der Waals surface area contributed by atoms with Crippen molar-refractivity contribution in [2.75, 3.05) is 25.0 Å². The first kappa shape index (κ1) is 18.6. The number of likely N-dealkylation sites (N-methyl/N-ethyl adjacent to an activating group) is 2. The minimum atomic E-state index is -0.514. The minimum absolute atomic E-state index is 0.0742. The second-order valence-electron chi connectivity index (χ2n) is 5.29. The third-order valence-electron chi connectivity index (χ3n) is 3.66. The molecule has 0 aromatic heterocycles. The Morgan fingerprint density at radius 1 is 1.17 bits per heavy atom. The van der Waals surface area contributed by atoms with Gasteiger partial charge >= 0.3 is 0 Å². The fraction of sp³-hybridized carbons (Fsp3) is 0.438. The highest BCUT2D eigenvalue weighted by Gasteiger charge is 2.25. The van der Waals surface area contributed by atoms with E-state index in [0.29, 0.717) is 24.3 Å². The molecule has 0 aliphatic carbocycles. The number of nitrogens with one attached hydrogen (secondary N) is 3. The van der Waals surface area contributed by atoms with Crippen LogP contribution in [-0.4, -0.2) is 43.4 Å². The van der Waals surface area contributed by atoms with Gasteiger partial charge in [0.15, 0.2) is 12.6 Å². The highest BCUT2D eigenvalue weighted by atomic mass is 16.2. The highest BCUT2D eigenvalue weighted by molar-refractivity contribution is 5.96. The number of nitrogens with two attached hydrogens (primary N) is 1. The standard InChI is InChI=1S/C16H24N4O3/c1-4-18-14(21)10-20(5-2)11(3)16(23)19-13-8-6-12(7-9-13)15(17)22/h6-9,11H,4-5,10H2,1-3H3,(H2,17,22)(H,18,21)(H,19,23)/p+1/t11-/m1/s1. The fourth-order valence-electron chi connectivity index (χ4n) is 2.20. The summed E-state index contributed by atoms with van der Waals surface area (Å²) < 4.78 is 0. The van der Waals surface area contributed by atoms with Crippen molar-refractivity contribution >= 4 is 23.4 Å². The number of primary amides is 1. The molecule has 0 bridgehead atoms. The Balaban J connectivity index is 2.67. The van der Waals surface area contributed by atoms with Crippen LogP contribution in [0.4, 0.5) is 5.69 Å². The first-order valence-electron chi connectivity index (χ1n) is 7.71. The average Bonchev–Trinajstić information content (AvgIpc) is 2.52. The maximum atomic E-state index is 12.3. The summed E-state index contributed by atoms with van der Waals surface area (Å²) in [6.07, 6.45) is 0. The van der Waals surface area contributed by atoms with Crippen LogP contribution in [-0.2, 0) is 9.59 Å². The smallest absolute Gasteiger partial charge is 0.282 e. The summed E-state index contributed by atoms with van der Waals surface area (Å²) in [5.41, 5.74) is 6.14. The molecule has 3 amide bonds. The first-order chi connectivity index (χ1) is 10.9. The van der Waals surface area contributed by atoms with Gasteiger partial charge in [0.05, 0.1) is 6.54 Å². The summed E-state index contributed by atoms with van der Waals surface area (Å²) in [7, 11) is 0. The topological polar surface area (TPSA) is 106 Å². The van der Waals surface area contributed by atoms with Gasteiger partial charge in [-0.2, -0.15) is 0 Å². The highest BCUT2D eigenvalue weighted by Crippen LogP contribution is 2.09. The van der Waals surface area contributed by atoms with Crippen LogP contribution >= 0.6 is 0 Å². The number of hydrogen-bond donors (Lipinski definition) is 4. The van der Waals surface area contributed by atoms with Gasteiger partial charge in [-0.3, -0.25) is 14.4 Å². The van der Waals surface area contributed by atoms with Crippen molar-refractivity contribution in [1.29, 1.82) is 0 Å². The lowest BCUT2D eigenvalue weighted by atomic mass is 10.2. The monoisotopic (exact) mass is 321 g/mol. The van der Waals surface area contributed by atoms with Crippen LogP contribution < -0.4 is 21.3 Å². The van der Waals surface area contributed by atoms with Crippen molar-refractivity contribution in [3.63, 3.8) is 0 Å². The zero-order chi connectivity index (χ0) is 17.4. The number of carbonyl (C=O) groups is 3. The molecule has 1 aromatic rings. The third kappa shape index (κ3) is 5.71. The molecular weight excluding hydrogens is 296 g/mol. The summed E-state index contributed by atoms with van der Waals surface area (Å²) in [5.74, 6) is -0.771. The zero-order valence-corrected chi connectivity index (χ0v) is 13.8. The lowest BCUT2D eigenvalue weighted by molar-refractivity contribution is -0.904. The number of amides is 3. The molecule has 5 N–H and O–H groups in total. The molecular formula is C16H25N4O3+. The normalized spacial score (nSPS) is 13.0. The lowest BCUT2D eigenvalue weighted by Gasteiger charge is -2.23. The molecule has 0 aliphatic heterocycles. The largest absolute Gasteiger partial charge is 0.366 e. The van der Waals surface area contributed by atoms with Gasteiger partial charge in [0.1, 0.15) is 0 Å². The quantitative estimate of drug-likeness (QED) is 0.501. The SMILES string of the molecule is CCNC(=O)C[NH+](CC)[C@H](C)C(=O)Nc1ccc(C(N)=O)cc1. The Hall–Kier alpha value is -2.41. The molecule has 23 heavy (non-hydrogen) atoms. The molecule has 0 heterocycles. The summed E-state index contributed by atoms with van der Waals surface area (Å²) >= 11 is 0. The molecule has 0 aliphatic rings. The first-order valence-corrected chi connectivity index (χ1v) is 7.71. The molecule has 0 saturated carbocycles. The fourth-order valence-corrected chi connectivity index (χ4v) is 2.20. The van der Waals surface area contributed by atoms with Gasteiger partial charge in [-0.25, -0.2) is 0 Å². The maximum absolute atomic E-state index is 12.3. The second kappa shape index (κ2) is 8.89. The second-order valence-corrected chi connectivity index (χ2v) is 5.29. The van der Waals surface area contributed by atoms with Gasteiger partial charge in [-0.05, 0) is 45.0 Å². The van der Waals surface area contributed by atoms with Gasteiger partial charge in [-0.15, -0.1) is 0 Å². The molecule has 1 aromatic carbocycles. The maximum Gasteiger partial charge on any atom is 0.282 e. The molecule has 0 fully saturated rings. The van der Waals surface area contributed by atoms with Crippen LogP contribution in [0.5, 0.6) is 0 Å². The summed E-state index contributed by atoms with van der Waals surface area (Å²) in [6.45, 7) is 7.05. The van der Waals surface area contributed by atoms with Crippen molar-refractivity contribution in [2.45, 2.75) is 26.8 Å². The molecule has 7 nitrogen and oxygen atoms in total. The number of rotatable bonds is 8. The predicted octanol–water partition coefficient (Wildman–Crippen LogP) is -0.847. The van der Waals surface area contributed by atoms with E-state index in [1.807, 2.05) is 13.8 Å². The number of anilines is 1. The Labute approximate surface area is 136 Å². The van der Waals surface area contributed by atoms with Crippen molar-refractivity contribution in [3.8, 4) is 0 Å². The van der Waals surface area contributed by atoms with Gasteiger partial charge in [0.2, 0.25) is 5.91 Å². The van der Waals surface area contributed by atoms with Crippen LogP contribution in [0.3, 0.4) is 0 Å². The third-order valence-corrected chi connectivity index (χ3v) is 3.66. The number of quaternary nitrogens is 1. The van der Waals surface area contributed by atoms with Crippen LogP contribution in [0.1, 0.15) is 31.1 Å². The molecule has 0 saturated heterocycles. The van der Waals surface area contributed by atoms with Crippen molar-refractivity contribution in [3.05, 3.63) is 29.8 Å². The lowest BCUT2D eigenvalue weighted by Crippen LogP contribution is -3.17. The molecule has 1 rings (SSSR count). The zero-order valence-electron chi connectivity index (χ0n) is 13.8. The van der Waals surface area contributed by atoms with Crippen LogP contribution in [0, 0.1) is 0 Å². The van der Waals surface area contributed by atoms with Gasteiger partial charge in [-0.1, -0.05) is 0 Å². The van der Waals surface area contributed by atoms with E-state index in [4.69, 9.17) is 5.73 Å². The van der Waals surface area contributed by atoms with Crippen molar-refractivity contribution in [1.82, 2.24) is 5.32 Å². The molecule has 0 spiro atoms. The number of carbonyl (C=O) groups excluding carboxylic acids is 3. The van der Waals surface area contributed by atoms with Gasteiger partial charge in [0.25, 0.3) is 11.8 Å². The predicted molar refractivity (Wildman–Crippen MR) is 88.1 cm³/mol. The number of hydrogen-bond acceptors (Lipinski definition) is 3. The molecule has 0 radical (unpaired) electrons. The van der Waals surface area contributed by atoms with Crippen molar-refractivity contribution in [2.24, 2.45) is 5.73 Å². The molecule has 2 atom stereocenters. The Kier molecular flexibility index (Phi) is 7.21. The Morgan fingerprint density at radius 2 is 1.78 bits per heavy atom. The van der Waals surface area contributed by atoms with E-state index in [-0.39, 0.29) is 24.4 Å². The molecule has 1 unspecified atom stereocenters. The number of benzene rings is 1. The van der Waals surface area contributed by atoms with E-state index in [1.165, 1.54) is 0 Å². The molecule has 7 heteroatoms. The minimum Gasteiger partial charge on any atom is -0.366 e. The van der Waals surface area contributed by atoms with E-state index in [9.17, 15) is 14.4 Å². The van der Waals surface area contributed by atoms with Crippen LogP contribution in [0.15, 0.2) is 24.3 Å². The van der Waals surface area contributed by atoms with E-state index >= 15 is 0 Å². The Morgan fingerprint density at radius 3 is 2.26 bits per heavy atom. The summed E-state index contributed by atoms with van der Waals surface area (Å²) in [5, 5.41) is 5.52. The Bertz CT molecular complexity index is 557. The van der Waals surface area contributed by atoms with Crippen LogP contribution in [0.25, 0.3) is 0 Å². The van der Waals surface area contributed by atoms with Gasteiger partial charge < -0.3 is 21.3 Å². The van der Waals surface area contributed by atoms with E-state index in [0.717, 1.165) is 4.90 Å². The van der Waals surface area contributed by atoms with E-state index < -0.39 is 5.91 Å². The van der Waals surface area contributed by atoms with Crippen LogP contribution in [0.2, 0.25) is 0 Å². The van der Waals surface area contributed by atoms with E-state index in [1.54, 1.807) is 31.2 Å². The summed E-state index contributed by atoms with van der Waals surface area (Å²) in [4.78, 5) is 35.9. The van der Waals surface area contributed by atoms with Crippen molar-refractivity contribution < 1.29 is 19.3 Å². The average molecular weight is 321 g/mol. The van der Waals surface area contributed by atoms with E-state index in [2.05, 4.69) is 10.6 Å².